The molecule has 2 aromatic rings. The molecule has 0 radical (unpaired) electrons. The van der Waals surface area contributed by atoms with Crippen LogP contribution in [0.2, 0.25) is 0 Å². The Kier molecular flexibility index (Phi) is 4.46. The molecule has 0 fully saturated rings. The highest BCUT2D eigenvalue weighted by Crippen LogP contribution is 2.25. The Balaban J connectivity index is 2.24. The number of nitrogens with one attached hydrogen (secondary N) is 1. The van der Waals surface area contributed by atoms with E-state index in [1.807, 2.05) is 0 Å². The lowest BCUT2D eigenvalue weighted by Crippen LogP contribution is -2.07. The van der Waals surface area contributed by atoms with Gasteiger partial charge in [0.2, 0.25) is 11.8 Å². The highest BCUT2D eigenvalue weighted by Gasteiger charge is 2.14. The minimum Gasteiger partial charge on any atom is -0.481 e. The average Bonchev–Trinajstić information content (AvgIpc) is 2.49. The summed E-state index contributed by atoms with van der Waals surface area (Å²) < 4.78 is 49.3. The third-order valence-electron chi connectivity index (χ3n) is 2.71. The lowest BCUT2D eigenvalue weighted by atomic mass is 10.2. The summed E-state index contributed by atoms with van der Waals surface area (Å²) in [5, 5.41) is 2.73. The molecule has 1 aromatic carbocycles. The average molecular weight is 299 g/mol. The van der Waals surface area contributed by atoms with Gasteiger partial charge < -0.3 is 14.8 Å². The predicted octanol–water partition coefficient (Wildman–Crippen LogP) is 2.52. The first-order chi connectivity index (χ1) is 10.1. The first-order valence-electron chi connectivity index (χ1n) is 5.87. The number of methoxy groups -OCH3 is 2. The Morgan fingerprint density at radius 2 is 1.52 bits per heavy atom. The number of nitrogens with zero attached hydrogens (tertiary/aromatic N) is 2. The zero-order chi connectivity index (χ0) is 15.4. The number of benzene rings is 1. The van der Waals surface area contributed by atoms with Gasteiger partial charge in [-0.05, 0) is 0 Å². The van der Waals surface area contributed by atoms with Gasteiger partial charge in [0.15, 0.2) is 17.5 Å². The number of halogens is 3. The van der Waals surface area contributed by atoms with Crippen LogP contribution in [-0.2, 0) is 6.54 Å². The second-order valence-electron chi connectivity index (χ2n) is 3.98. The van der Waals surface area contributed by atoms with Crippen LogP contribution in [0.4, 0.5) is 18.9 Å². The van der Waals surface area contributed by atoms with E-state index in [-0.39, 0.29) is 24.0 Å². The number of aromatic nitrogens is 2. The van der Waals surface area contributed by atoms with E-state index < -0.39 is 17.5 Å². The summed E-state index contributed by atoms with van der Waals surface area (Å²) in [7, 11) is 2.84. The molecule has 0 atom stereocenters. The first kappa shape index (κ1) is 14.9. The molecule has 21 heavy (non-hydrogen) atoms. The van der Waals surface area contributed by atoms with Gasteiger partial charge in [0.1, 0.15) is 6.33 Å². The molecule has 0 aliphatic rings. The molecule has 112 valence electrons. The van der Waals surface area contributed by atoms with Gasteiger partial charge in [-0.2, -0.15) is 0 Å². The van der Waals surface area contributed by atoms with Crippen molar-refractivity contribution in [2.24, 2.45) is 0 Å². The van der Waals surface area contributed by atoms with Crippen LogP contribution in [0.15, 0.2) is 18.5 Å². The number of hydrogen-bond acceptors (Lipinski definition) is 5. The van der Waals surface area contributed by atoms with Gasteiger partial charge in [-0.3, -0.25) is 0 Å². The SMILES string of the molecule is COc1ncnc(OC)c1CNc1cc(F)c(F)c(F)c1. The molecule has 5 nitrogen and oxygen atoms in total. The normalized spacial score (nSPS) is 10.3. The van der Waals surface area contributed by atoms with Crippen molar-refractivity contribution in [2.45, 2.75) is 6.54 Å². The van der Waals surface area contributed by atoms with Crippen molar-refractivity contribution in [2.75, 3.05) is 19.5 Å². The summed E-state index contributed by atoms with van der Waals surface area (Å²) in [6, 6.07) is 1.70. The van der Waals surface area contributed by atoms with Gasteiger partial charge >= 0.3 is 0 Å². The van der Waals surface area contributed by atoms with Crippen molar-refractivity contribution in [1.29, 1.82) is 0 Å². The summed E-state index contributed by atoms with van der Waals surface area (Å²) >= 11 is 0. The van der Waals surface area contributed by atoms with Crippen LogP contribution >= 0.6 is 0 Å². The van der Waals surface area contributed by atoms with Gasteiger partial charge in [-0.1, -0.05) is 0 Å². The zero-order valence-electron chi connectivity index (χ0n) is 11.3. The van der Waals surface area contributed by atoms with Crippen LogP contribution in [0.25, 0.3) is 0 Å². The lowest BCUT2D eigenvalue weighted by Gasteiger charge is -2.12. The van der Waals surface area contributed by atoms with Crippen LogP contribution in [-0.4, -0.2) is 24.2 Å². The van der Waals surface area contributed by atoms with Crippen molar-refractivity contribution in [3.05, 3.63) is 41.5 Å². The fraction of sp³-hybridized carbons (Fsp3) is 0.231. The van der Waals surface area contributed by atoms with Crippen molar-refractivity contribution < 1.29 is 22.6 Å². The standard InChI is InChI=1S/C13H12F3N3O2/c1-20-12-8(13(21-2)19-6-18-12)5-17-7-3-9(14)11(16)10(15)4-7/h3-4,6,17H,5H2,1-2H3. The third kappa shape index (κ3) is 3.15. The summed E-state index contributed by atoms with van der Waals surface area (Å²) in [6.07, 6.45) is 1.26. The molecule has 0 spiro atoms. The molecule has 0 amide bonds. The second-order valence-corrected chi connectivity index (χ2v) is 3.98. The molecule has 8 heteroatoms. The Bertz CT molecular complexity index is 607. The smallest absolute Gasteiger partial charge is 0.225 e. The molecule has 0 aliphatic carbocycles. The maximum atomic E-state index is 13.1. The van der Waals surface area contributed by atoms with Crippen LogP contribution in [0, 0.1) is 17.5 Å². The second kappa shape index (κ2) is 6.29. The van der Waals surface area contributed by atoms with E-state index >= 15 is 0 Å². The molecule has 0 saturated heterocycles. The highest BCUT2D eigenvalue weighted by molar-refractivity contribution is 5.46. The molecule has 0 saturated carbocycles. The van der Waals surface area contributed by atoms with Gasteiger partial charge in [0.25, 0.3) is 0 Å². The van der Waals surface area contributed by atoms with E-state index in [1.165, 1.54) is 20.5 Å². The van der Waals surface area contributed by atoms with Gasteiger partial charge in [-0.15, -0.1) is 0 Å². The molecule has 0 bridgehead atoms. The van der Waals surface area contributed by atoms with Crippen LogP contribution < -0.4 is 14.8 Å². The van der Waals surface area contributed by atoms with E-state index in [1.54, 1.807) is 0 Å². The third-order valence-corrected chi connectivity index (χ3v) is 2.71. The number of hydrogen-bond donors (Lipinski definition) is 1. The molecule has 0 aliphatic heterocycles. The Morgan fingerprint density at radius 3 is 2.00 bits per heavy atom. The van der Waals surface area contributed by atoms with Crippen molar-refractivity contribution in [3.63, 3.8) is 0 Å². The van der Waals surface area contributed by atoms with Gasteiger partial charge in [-0.25, -0.2) is 23.1 Å². The minimum absolute atomic E-state index is 0.0689. The molecule has 1 N–H and O–H groups in total. The topological polar surface area (TPSA) is 56.3 Å². The first-order valence-corrected chi connectivity index (χ1v) is 5.87. The highest BCUT2D eigenvalue weighted by atomic mass is 19.2. The zero-order valence-corrected chi connectivity index (χ0v) is 11.3. The Morgan fingerprint density at radius 1 is 1.00 bits per heavy atom. The van der Waals surface area contributed by atoms with Crippen molar-refractivity contribution >= 4 is 5.69 Å². The number of ether oxygens (including phenoxy) is 2. The van der Waals surface area contributed by atoms with Gasteiger partial charge in [0, 0.05) is 17.8 Å². The van der Waals surface area contributed by atoms with Crippen molar-refractivity contribution in [3.8, 4) is 11.8 Å². The number of anilines is 1. The minimum atomic E-state index is -1.52. The molecule has 1 aromatic heterocycles. The van der Waals surface area contributed by atoms with E-state index in [4.69, 9.17) is 9.47 Å². The quantitative estimate of drug-likeness (QED) is 0.860. The Labute approximate surface area is 118 Å². The van der Waals surface area contributed by atoms with Crippen LogP contribution in [0.1, 0.15) is 5.56 Å². The monoisotopic (exact) mass is 299 g/mol. The summed E-state index contributed by atoms with van der Waals surface area (Å²) in [5.41, 5.74) is 0.534. The molecular weight excluding hydrogens is 287 g/mol. The largest absolute Gasteiger partial charge is 0.481 e. The fourth-order valence-electron chi connectivity index (χ4n) is 1.73. The van der Waals surface area contributed by atoms with Crippen molar-refractivity contribution in [1.82, 2.24) is 9.97 Å². The fourth-order valence-corrected chi connectivity index (χ4v) is 1.73. The maximum absolute atomic E-state index is 13.1. The summed E-state index contributed by atoms with van der Waals surface area (Å²) in [4.78, 5) is 7.81. The van der Waals surface area contributed by atoms with Crippen LogP contribution in [0.5, 0.6) is 11.8 Å². The summed E-state index contributed by atoms with van der Waals surface area (Å²) in [6.45, 7) is 0.0811. The predicted molar refractivity (Wildman–Crippen MR) is 68.8 cm³/mol. The van der Waals surface area contributed by atoms with E-state index in [0.29, 0.717) is 5.56 Å². The molecular formula is C13H12F3N3O2. The van der Waals surface area contributed by atoms with Gasteiger partial charge in [0.05, 0.1) is 26.3 Å². The van der Waals surface area contributed by atoms with E-state index in [2.05, 4.69) is 15.3 Å². The Hall–Kier alpha value is -2.51. The van der Waals surface area contributed by atoms with E-state index in [9.17, 15) is 13.2 Å². The molecule has 2 rings (SSSR count). The molecule has 0 unspecified atom stereocenters. The van der Waals surface area contributed by atoms with Crippen LogP contribution in [0.3, 0.4) is 0 Å². The molecule has 1 heterocycles. The number of rotatable bonds is 5. The maximum Gasteiger partial charge on any atom is 0.225 e. The van der Waals surface area contributed by atoms with E-state index in [0.717, 1.165) is 12.1 Å². The lowest BCUT2D eigenvalue weighted by molar-refractivity contribution is 0.363. The summed E-state index contributed by atoms with van der Waals surface area (Å²) in [5.74, 6) is -3.55.